The van der Waals surface area contributed by atoms with Gasteiger partial charge >= 0.3 is 0 Å². The molecule has 0 fully saturated rings. The number of carbonyl (C=O) groups is 1. The van der Waals surface area contributed by atoms with Crippen molar-refractivity contribution in [3.05, 3.63) is 35.9 Å². The van der Waals surface area contributed by atoms with Crippen molar-refractivity contribution in [2.24, 2.45) is 5.41 Å². The fraction of sp³-hybridized carbons (Fsp3) is 0.533. The molecule has 1 unspecified atom stereocenters. The largest absolute Gasteiger partial charge is 0.355 e. The van der Waals surface area contributed by atoms with E-state index in [1.54, 1.807) is 0 Å². The second-order valence-corrected chi connectivity index (χ2v) is 6.25. The average molecular weight is 312 g/mol. The Morgan fingerprint density at radius 1 is 1.33 bits per heavy atom. The van der Waals surface area contributed by atoms with E-state index in [1.807, 2.05) is 37.3 Å². The fourth-order valence-electron chi connectivity index (χ4n) is 1.72. The van der Waals surface area contributed by atoms with Gasteiger partial charge in [-0.05, 0) is 24.3 Å². The topological polar surface area (TPSA) is 29.1 Å². The van der Waals surface area contributed by atoms with Crippen LogP contribution in [0.5, 0.6) is 0 Å². The van der Waals surface area contributed by atoms with Gasteiger partial charge in [-0.2, -0.15) is 0 Å². The Morgan fingerprint density at radius 2 is 1.94 bits per heavy atom. The molecule has 0 heterocycles. The SMILES string of the molecule is CC(C(=O)NCC(C)(C)CCBr)c1ccccc1. The molecular weight excluding hydrogens is 290 g/mol. The van der Waals surface area contributed by atoms with Crippen molar-refractivity contribution in [2.45, 2.75) is 33.1 Å². The summed E-state index contributed by atoms with van der Waals surface area (Å²) in [4.78, 5) is 12.1. The van der Waals surface area contributed by atoms with Gasteiger partial charge in [-0.1, -0.05) is 60.1 Å². The molecule has 0 aliphatic rings. The molecule has 3 heteroatoms. The number of alkyl halides is 1. The summed E-state index contributed by atoms with van der Waals surface area (Å²) in [5.41, 5.74) is 1.20. The number of amides is 1. The van der Waals surface area contributed by atoms with Crippen LogP contribution in [0, 0.1) is 5.41 Å². The Bertz CT molecular complexity index is 375. The van der Waals surface area contributed by atoms with E-state index in [0.29, 0.717) is 6.54 Å². The molecule has 1 aromatic carbocycles. The van der Waals surface area contributed by atoms with Crippen LogP contribution in [0.4, 0.5) is 0 Å². The maximum atomic E-state index is 12.1. The molecule has 1 N–H and O–H groups in total. The number of carbonyl (C=O) groups excluding carboxylic acids is 1. The van der Waals surface area contributed by atoms with E-state index >= 15 is 0 Å². The van der Waals surface area contributed by atoms with Crippen LogP contribution in [0.2, 0.25) is 0 Å². The number of nitrogens with one attached hydrogen (secondary N) is 1. The van der Waals surface area contributed by atoms with Gasteiger partial charge < -0.3 is 5.32 Å². The molecule has 1 rings (SSSR count). The molecule has 2 nitrogen and oxygen atoms in total. The molecule has 100 valence electrons. The number of halogens is 1. The second kappa shape index (κ2) is 6.93. The molecular formula is C15H22BrNO. The van der Waals surface area contributed by atoms with Crippen molar-refractivity contribution in [2.75, 3.05) is 11.9 Å². The molecule has 1 atom stereocenters. The summed E-state index contributed by atoms with van der Waals surface area (Å²) in [6.07, 6.45) is 1.05. The third-order valence-corrected chi connectivity index (χ3v) is 3.60. The molecule has 0 aromatic heterocycles. The molecule has 1 aromatic rings. The van der Waals surface area contributed by atoms with Crippen molar-refractivity contribution in [1.29, 1.82) is 0 Å². The second-order valence-electron chi connectivity index (χ2n) is 5.45. The summed E-state index contributed by atoms with van der Waals surface area (Å²) in [6, 6.07) is 9.89. The predicted octanol–water partition coefficient (Wildman–Crippen LogP) is 3.72. The van der Waals surface area contributed by atoms with Crippen molar-refractivity contribution in [3.8, 4) is 0 Å². The van der Waals surface area contributed by atoms with Crippen LogP contribution >= 0.6 is 15.9 Å². The van der Waals surface area contributed by atoms with Gasteiger partial charge in [-0.25, -0.2) is 0 Å². The molecule has 0 aliphatic carbocycles. The zero-order valence-corrected chi connectivity index (χ0v) is 13.0. The summed E-state index contributed by atoms with van der Waals surface area (Å²) >= 11 is 3.45. The lowest BCUT2D eigenvalue weighted by Crippen LogP contribution is -2.36. The Labute approximate surface area is 118 Å². The first-order valence-corrected chi connectivity index (χ1v) is 7.47. The van der Waals surface area contributed by atoms with E-state index in [2.05, 4.69) is 35.1 Å². The zero-order chi connectivity index (χ0) is 13.6. The number of hydrogen-bond donors (Lipinski definition) is 1. The van der Waals surface area contributed by atoms with Gasteiger partial charge in [0.25, 0.3) is 0 Å². The van der Waals surface area contributed by atoms with Crippen molar-refractivity contribution >= 4 is 21.8 Å². The third kappa shape index (κ3) is 4.81. The summed E-state index contributed by atoms with van der Waals surface area (Å²) in [6.45, 7) is 7.00. The lowest BCUT2D eigenvalue weighted by Gasteiger charge is -2.25. The fourth-order valence-corrected chi connectivity index (χ4v) is 2.79. The smallest absolute Gasteiger partial charge is 0.227 e. The van der Waals surface area contributed by atoms with Crippen LogP contribution < -0.4 is 5.32 Å². The van der Waals surface area contributed by atoms with Gasteiger partial charge in [-0.3, -0.25) is 4.79 Å². The lowest BCUT2D eigenvalue weighted by molar-refractivity contribution is -0.122. The van der Waals surface area contributed by atoms with Gasteiger partial charge in [0, 0.05) is 11.9 Å². The maximum Gasteiger partial charge on any atom is 0.227 e. The lowest BCUT2D eigenvalue weighted by atomic mass is 9.90. The first-order chi connectivity index (χ1) is 8.46. The van der Waals surface area contributed by atoms with Crippen molar-refractivity contribution in [1.82, 2.24) is 5.32 Å². The number of rotatable bonds is 6. The molecule has 0 aliphatic heterocycles. The highest BCUT2D eigenvalue weighted by atomic mass is 79.9. The van der Waals surface area contributed by atoms with Crippen LogP contribution in [0.25, 0.3) is 0 Å². The van der Waals surface area contributed by atoms with Gasteiger partial charge in [0.15, 0.2) is 0 Å². The Hall–Kier alpha value is -0.830. The Morgan fingerprint density at radius 3 is 2.50 bits per heavy atom. The Kier molecular flexibility index (Phi) is 5.86. The monoisotopic (exact) mass is 311 g/mol. The quantitative estimate of drug-likeness (QED) is 0.797. The van der Waals surface area contributed by atoms with E-state index < -0.39 is 0 Å². The highest BCUT2D eigenvalue weighted by Crippen LogP contribution is 2.21. The van der Waals surface area contributed by atoms with E-state index in [9.17, 15) is 4.79 Å². The van der Waals surface area contributed by atoms with Crippen LogP contribution in [0.15, 0.2) is 30.3 Å². The minimum Gasteiger partial charge on any atom is -0.355 e. The number of benzene rings is 1. The molecule has 1 amide bonds. The van der Waals surface area contributed by atoms with Crippen LogP contribution in [0.1, 0.15) is 38.7 Å². The molecule has 0 radical (unpaired) electrons. The maximum absolute atomic E-state index is 12.1. The Balaban J connectivity index is 2.51. The molecule has 0 bridgehead atoms. The molecule has 0 spiro atoms. The summed E-state index contributed by atoms with van der Waals surface area (Å²) in [5.74, 6) is 0.00909. The van der Waals surface area contributed by atoms with E-state index in [4.69, 9.17) is 0 Å². The molecule has 0 saturated heterocycles. The van der Waals surface area contributed by atoms with Crippen molar-refractivity contribution in [3.63, 3.8) is 0 Å². The average Bonchev–Trinajstić information content (AvgIpc) is 2.36. The molecule has 0 saturated carbocycles. The van der Waals surface area contributed by atoms with Crippen LogP contribution in [0.3, 0.4) is 0 Å². The minimum atomic E-state index is -0.0917. The normalized spacial score (nSPS) is 13.1. The third-order valence-electron chi connectivity index (χ3n) is 3.21. The highest BCUT2D eigenvalue weighted by Gasteiger charge is 2.20. The summed E-state index contributed by atoms with van der Waals surface area (Å²) < 4.78 is 0. The van der Waals surface area contributed by atoms with E-state index in [-0.39, 0.29) is 17.2 Å². The standard InChI is InChI=1S/C15H22BrNO/c1-12(13-7-5-4-6-8-13)14(18)17-11-15(2,3)9-10-16/h4-8,12H,9-11H2,1-3H3,(H,17,18). The summed E-state index contributed by atoms with van der Waals surface area (Å²) in [5, 5.41) is 4.01. The first kappa shape index (κ1) is 15.2. The summed E-state index contributed by atoms with van der Waals surface area (Å²) in [7, 11) is 0. The van der Waals surface area contributed by atoms with Crippen LogP contribution in [-0.2, 0) is 4.79 Å². The predicted molar refractivity (Wildman–Crippen MR) is 80.1 cm³/mol. The minimum absolute atomic E-state index is 0.0917. The zero-order valence-electron chi connectivity index (χ0n) is 11.4. The first-order valence-electron chi connectivity index (χ1n) is 6.35. The van der Waals surface area contributed by atoms with Gasteiger partial charge in [0.05, 0.1) is 5.92 Å². The van der Waals surface area contributed by atoms with Crippen LogP contribution in [-0.4, -0.2) is 17.8 Å². The van der Waals surface area contributed by atoms with E-state index in [0.717, 1.165) is 17.3 Å². The van der Waals surface area contributed by atoms with Gasteiger partial charge in [-0.15, -0.1) is 0 Å². The molecule has 18 heavy (non-hydrogen) atoms. The van der Waals surface area contributed by atoms with Crippen molar-refractivity contribution < 1.29 is 4.79 Å². The highest BCUT2D eigenvalue weighted by molar-refractivity contribution is 9.09. The van der Waals surface area contributed by atoms with E-state index in [1.165, 1.54) is 0 Å². The number of hydrogen-bond acceptors (Lipinski definition) is 1. The van der Waals surface area contributed by atoms with Gasteiger partial charge in [0.1, 0.15) is 0 Å². The van der Waals surface area contributed by atoms with Gasteiger partial charge in [0.2, 0.25) is 5.91 Å².